The molecule has 1 aromatic heterocycles. The molecule has 1 aromatic carbocycles. The highest BCUT2D eigenvalue weighted by Crippen LogP contribution is 2.20. The lowest BCUT2D eigenvalue weighted by molar-refractivity contribution is 0.0954. The lowest BCUT2D eigenvalue weighted by atomic mass is 10.1. The van der Waals surface area contributed by atoms with Crippen LogP contribution < -0.4 is 5.43 Å². The summed E-state index contributed by atoms with van der Waals surface area (Å²) in [4.78, 5) is 21.1. The van der Waals surface area contributed by atoms with Gasteiger partial charge in [0, 0.05) is 28.4 Å². The first-order chi connectivity index (χ1) is 12.8. The van der Waals surface area contributed by atoms with Crippen LogP contribution in [0.5, 0.6) is 0 Å². The SMILES string of the molecule is CC(CCC(C)C)=NNC(=O)c1ccc(CSc2nc(C)cc(C)n2)cc1. The van der Waals surface area contributed by atoms with Crippen molar-refractivity contribution in [1.29, 1.82) is 0 Å². The zero-order chi connectivity index (χ0) is 19.8. The first-order valence-electron chi connectivity index (χ1n) is 9.21. The van der Waals surface area contributed by atoms with Crippen molar-refractivity contribution in [2.45, 2.75) is 58.4 Å². The maximum Gasteiger partial charge on any atom is 0.271 e. The van der Waals surface area contributed by atoms with E-state index >= 15 is 0 Å². The average molecular weight is 385 g/mol. The van der Waals surface area contributed by atoms with Gasteiger partial charge in [-0.2, -0.15) is 5.10 Å². The molecule has 144 valence electrons. The first kappa shape index (κ1) is 21.1. The molecule has 1 N–H and O–H groups in total. The van der Waals surface area contributed by atoms with Crippen LogP contribution in [0.3, 0.4) is 0 Å². The quantitative estimate of drug-likeness (QED) is 0.303. The number of benzene rings is 1. The number of amides is 1. The Morgan fingerprint density at radius 1 is 1.15 bits per heavy atom. The lowest BCUT2D eigenvalue weighted by Gasteiger charge is -2.06. The topological polar surface area (TPSA) is 67.2 Å². The Balaban J connectivity index is 1.88. The third-order valence-electron chi connectivity index (χ3n) is 3.98. The standard InChI is InChI=1S/C21H28N4OS/c1-14(2)6-7-15(3)24-25-20(26)19-10-8-18(9-11-19)13-27-21-22-16(4)12-17(5)23-21/h8-12,14H,6-7,13H2,1-5H3,(H,25,26). The van der Waals surface area contributed by atoms with E-state index in [0.717, 1.165) is 46.4 Å². The third-order valence-corrected chi connectivity index (χ3v) is 4.90. The molecular formula is C21H28N4OS. The average Bonchev–Trinajstić information content (AvgIpc) is 2.62. The Morgan fingerprint density at radius 3 is 2.37 bits per heavy atom. The van der Waals surface area contributed by atoms with Gasteiger partial charge in [0.25, 0.3) is 5.91 Å². The molecule has 0 saturated carbocycles. The highest BCUT2D eigenvalue weighted by molar-refractivity contribution is 7.98. The summed E-state index contributed by atoms with van der Waals surface area (Å²) in [6, 6.07) is 9.53. The van der Waals surface area contributed by atoms with Gasteiger partial charge in [-0.25, -0.2) is 15.4 Å². The van der Waals surface area contributed by atoms with Crippen LogP contribution in [0.15, 0.2) is 40.6 Å². The Kier molecular flexibility index (Phi) is 7.98. The Hall–Kier alpha value is -2.21. The number of hydrogen-bond donors (Lipinski definition) is 1. The summed E-state index contributed by atoms with van der Waals surface area (Å²) in [5.74, 6) is 1.21. The van der Waals surface area contributed by atoms with Crippen LogP contribution in [0.4, 0.5) is 0 Å². The van der Waals surface area contributed by atoms with E-state index in [-0.39, 0.29) is 5.91 Å². The van der Waals surface area contributed by atoms with E-state index in [1.165, 1.54) is 0 Å². The number of rotatable bonds is 8. The van der Waals surface area contributed by atoms with Crippen LogP contribution in [0.25, 0.3) is 0 Å². The number of carbonyl (C=O) groups excluding carboxylic acids is 1. The van der Waals surface area contributed by atoms with Crippen molar-refractivity contribution in [3.8, 4) is 0 Å². The smallest absolute Gasteiger partial charge is 0.267 e. The van der Waals surface area contributed by atoms with Gasteiger partial charge in [-0.1, -0.05) is 37.7 Å². The van der Waals surface area contributed by atoms with Gasteiger partial charge in [0.05, 0.1) is 0 Å². The number of nitrogens with zero attached hydrogens (tertiary/aromatic N) is 3. The van der Waals surface area contributed by atoms with Crippen LogP contribution in [-0.4, -0.2) is 21.6 Å². The molecule has 1 heterocycles. The second-order valence-corrected chi connectivity index (χ2v) is 8.08. The van der Waals surface area contributed by atoms with Gasteiger partial charge < -0.3 is 0 Å². The van der Waals surface area contributed by atoms with Gasteiger partial charge in [0.1, 0.15) is 0 Å². The summed E-state index contributed by atoms with van der Waals surface area (Å²) in [7, 11) is 0. The zero-order valence-electron chi connectivity index (χ0n) is 16.7. The van der Waals surface area contributed by atoms with Crippen molar-refractivity contribution >= 4 is 23.4 Å². The second kappa shape index (κ2) is 10.2. The molecule has 0 unspecified atom stereocenters. The van der Waals surface area contributed by atoms with Gasteiger partial charge in [0.15, 0.2) is 5.16 Å². The fraction of sp³-hybridized carbons (Fsp3) is 0.429. The summed E-state index contributed by atoms with van der Waals surface area (Å²) in [6.07, 6.45) is 1.97. The Morgan fingerprint density at radius 2 is 1.78 bits per heavy atom. The molecule has 0 radical (unpaired) electrons. The summed E-state index contributed by atoms with van der Waals surface area (Å²) in [5.41, 5.74) is 7.25. The number of aromatic nitrogens is 2. The molecule has 0 bridgehead atoms. The Labute approximate surface area is 166 Å². The molecule has 1 amide bonds. The van der Waals surface area contributed by atoms with Gasteiger partial charge in [-0.3, -0.25) is 4.79 Å². The summed E-state index contributed by atoms with van der Waals surface area (Å²) in [5, 5.41) is 4.96. The van der Waals surface area contributed by atoms with Crippen molar-refractivity contribution in [2.75, 3.05) is 0 Å². The zero-order valence-corrected chi connectivity index (χ0v) is 17.6. The van der Waals surface area contributed by atoms with Crippen LogP contribution in [0.1, 0.15) is 60.9 Å². The van der Waals surface area contributed by atoms with E-state index < -0.39 is 0 Å². The van der Waals surface area contributed by atoms with Crippen LogP contribution in [0.2, 0.25) is 0 Å². The molecule has 0 aliphatic carbocycles. The molecular weight excluding hydrogens is 356 g/mol. The highest BCUT2D eigenvalue weighted by Gasteiger charge is 2.06. The molecule has 5 nitrogen and oxygen atoms in total. The van der Waals surface area contributed by atoms with E-state index in [2.05, 4.69) is 34.3 Å². The maximum atomic E-state index is 12.2. The lowest BCUT2D eigenvalue weighted by Crippen LogP contribution is -2.19. The molecule has 0 spiro atoms. The van der Waals surface area contributed by atoms with Crippen molar-refractivity contribution < 1.29 is 4.79 Å². The number of aryl methyl sites for hydroxylation is 2. The van der Waals surface area contributed by atoms with E-state index in [1.807, 2.05) is 51.1 Å². The van der Waals surface area contributed by atoms with Crippen molar-refractivity contribution in [3.05, 3.63) is 52.8 Å². The number of thioether (sulfide) groups is 1. The van der Waals surface area contributed by atoms with Gasteiger partial charge in [-0.15, -0.1) is 0 Å². The number of nitrogens with one attached hydrogen (secondary N) is 1. The predicted octanol–water partition coefficient (Wildman–Crippen LogP) is 4.93. The maximum absolute atomic E-state index is 12.2. The summed E-state index contributed by atoms with van der Waals surface area (Å²) in [6.45, 7) is 10.2. The number of carbonyl (C=O) groups is 1. The second-order valence-electron chi connectivity index (χ2n) is 7.14. The predicted molar refractivity (Wildman–Crippen MR) is 112 cm³/mol. The molecule has 2 rings (SSSR count). The highest BCUT2D eigenvalue weighted by atomic mass is 32.2. The van der Waals surface area contributed by atoms with Crippen molar-refractivity contribution in [1.82, 2.24) is 15.4 Å². The molecule has 2 aromatic rings. The first-order valence-corrected chi connectivity index (χ1v) is 10.2. The molecule has 6 heteroatoms. The van der Waals surface area contributed by atoms with Gasteiger partial charge in [0.2, 0.25) is 0 Å². The minimum atomic E-state index is -0.184. The summed E-state index contributed by atoms with van der Waals surface area (Å²) < 4.78 is 0. The molecule has 0 atom stereocenters. The molecule has 0 fully saturated rings. The summed E-state index contributed by atoms with van der Waals surface area (Å²) >= 11 is 1.59. The van der Waals surface area contributed by atoms with Gasteiger partial charge in [-0.05, 0) is 63.3 Å². The fourth-order valence-electron chi connectivity index (χ4n) is 2.42. The van der Waals surface area contributed by atoms with Crippen LogP contribution in [0, 0.1) is 19.8 Å². The molecule has 0 aliphatic heterocycles. The van der Waals surface area contributed by atoms with E-state index in [4.69, 9.17) is 0 Å². The van der Waals surface area contributed by atoms with E-state index in [0.29, 0.717) is 11.5 Å². The normalized spacial score (nSPS) is 11.7. The van der Waals surface area contributed by atoms with Crippen molar-refractivity contribution in [2.24, 2.45) is 11.0 Å². The fourth-order valence-corrected chi connectivity index (χ4v) is 3.33. The van der Waals surface area contributed by atoms with Gasteiger partial charge >= 0.3 is 0 Å². The monoisotopic (exact) mass is 384 g/mol. The minimum absolute atomic E-state index is 0.184. The van der Waals surface area contributed by atoms with E-state index in [9.17, 15) is 4.79 Å². The van der Waals surface area contributed by atoms with Crippen LogP contribution >= 0.6 is 11.8 Å². The van der Waals surface area contributed by atoms with Crippen molar-refractivity contribution in [3.63, 3.8) is 0 Å². The van der Waals surface area contributed by atoms with Crippen LogP contribution in [-0.2, 0) is 5.75 Å². The number of hydrogen-bond acceptors (Lipinski definition) is 5. The largest absolute Gasteiger partial charge is 0.271 e. The Bertz CT molecular complexity index is 780. The number of hydrazone groups is 1. The molecule has 0 saturated heterocycles. The molecule has 0 aliphatic rings. The van der Waals surface area contributed by atoms with E-state index in [1.54, 1.807) is 11.8 Å². The third kappa shape index (κ3) is 7.51. The molecule has 27 heavy (non-hydrogen) atoms. The minimum Gasteiger partial charge on any atom is -0.267 e.